The Bertz CT molecular complexity index is 338. The summed E-state index contributed by atoms with van der Waals surface area (Å²) in [6.07, 6.45) is 10.6. The van der Waals surface area contributed by atoms with Gasteiger partial charge in [0.05, 0.1) is 0 Å². The van der Waals surface area contributed by atoms with E-state index in [2.05, 4.69) is 38.2 Å². The number of rotatable bonds is 0. The van der Waals surface area contributed by atoms with Gasteiger partial charge in [-0.3, -0.25) is 0 Å². The molecule has 0 bridgehead atoms. The van der Waals surface area contributed by atoms with Crippen LogP contribution in [-0.2, 0) is 0 Å². The van der Waals surface area contributed by atoms with E-state index < -0.39 is 0 Å². The quantitative estimate of drug-likeness (QED) is 0.532. The van der Waals surface area contributed by atoms with Crippen LogP contribution in [0.2, 0.25) is 0 Å². The van der Waals surface area contributed by atoms with Gasteiger partial charge in [-0.25, -0.2) is 0 Å². The van der Waals surface area contributed by atoms with Gasteiger partial charge in [0.25, 0.3) is 0 Å². The molecule has 0 amide bonds. The molecule has 0 saturated carbocycles. The van der Waals surface area contributed by atoms with Crippen LogP contribution in [-0.4, -0.2) is 0 Å². The van der Waals surface area contributed by atoms with E-state index >= 15 is 0 Å². The van der Waals surface area contributed by atoms with Crippen LogP contribution >= 0.6 is 11.6 Å². The first-order valence-corrected chi connectivity index (χ1v) is 4.47. The van der Waals surface area contributed by atoms with Crippen LogP contribution in [0.3, 0.4) is 0 Å². The van der Waals surface area contributed by atoms with Crippen molar-refractivity contribution in [3.05, 3.63) is 46.6 Å². The maximum Gasteiger partial charge on any atom is 0.0481 e. The van der Waals surface area contributed by atoms with Crippen LogP contribution in [0.1, 0.15) is 13.8 Å². The molecule has 0 nitrogen and oxygen atoms in total. The van der Waals surface area contributed by atoms with Gasteiger partial charge < -0.3 is 0 Å². The van der Waals surface area contributed by atoms with Gasteiger partial charge in [0.2, 0.25) is 0 Å². The van der Waals surface area contributed by atoms with Gasteiger partial charge in [-0.15, -0.1) is 0 Å². The second-order valence-corrected chi connectivity index (χ2v) is 4.26. The van der Waals surface area contributed by atoms with Crippen molar-refractivity contribution in [2.45, 2.75) is 13.8 Å². The van der Waals surface area contributed by atoms with Crippen molar-refractivity contribution in [1.82, 2.24) is 0 Å². The third-order valence-corrected chi connectivity index (χ3v) is 2.52. The van der Waals surface area contributed by atoms with Crippen molar-refractivity contribution in [3.8, 4) is 0 Å². The zero-order chi connectivity index (χ0) is 8.77. The van der Waals surface area contributed by atoms with E-state index in [-0.39, 0.29) is 5.41 Å². The molecule has 0 N–H and O–H groups in total. The third-order valence-electron chi connectivity index (χ3n) is 2.19. The highest BCUT2D eigenvalue weighted by Gasteiger charge is 2.21. The lowest BCUT2D eigenvalue weighted by molar-refractivity contribution is 0.617. The van der Waals surface area contributed by atoms with Crippen LogP contribution in [0.25, 0.3) is 0 Å². The lowest BCUT2D eigenvalue weighted by Gasteiger charge is -2.21. The van der Waals surface area contributed by atoms with E-state index in [4.69, 9.17) is 11.6 Å². The van der Waals surface area contributed by atoms with Gasteiger partial charge in [0.15, 0.2) is 0 Å². The number of halogens is 1. The fourth-order valence-electron chi connectivity index (χ4n) is 1.50. The molecule has 2 aliphatic rings. The smallest absolute Gasteiger partial charge is 0.0481 e. The number of hydrogen-bond acceptors (Lipinski definition) is 0. The molecular weight excluding hydrogens is 168 g/mol. The van der Waals surface area contributed by atoms with Crippen LogP contribution in [0, 0.1) is 5.41 Å². The largest absolute Gasteiger partial charge is 0.0837 e. The summed E-state index contributed by atoms with van der Waals surface area (Å²) in [5.74, 6) is 0. The van der Waals surface area contributed by atoms with E-state index in [1.165, 1.54) is 11.1 Å². The highest BCUT2D eigenvalue weighted by Crippen LogP contribution is 2.38. The first-order valence-electron chi connectivity index (χ1n) is 4.09. The standard InChI is InChI=1S/C11H11Cl/c1-11(2)6-5-8-3-4-10(12)9(8)7-11/h3-7H,1-2H3. The number of fused-ring (bicyclic) bond motifs is 1. The summed E-state index contributed by atoms with van der Waals surface area (Å²) in [5.41, 5.74) is 2.56. The SMILES string of the molecule is CC1(C)C=CC2=CC=C(Cl)C2=C1. The fourth-order valence-corrected chi connectivity index (χ4v) is 1.73. The molecule has 12 heavy (non-hydrogen) atoms. The zero-order valence-corrected chi connectivity index (χ0v) is 8.02. The molecule has 2 aliphatic carbocycles. The molecule has 0 heterocycles. The summed E-state index contributed by atoms with van der Waals surface area (Å²) < 4.78 is 0. The highest BCUT2D eigenvalue weighted by molar-refractivity contribution is 6.33. The summed E-state index contributed by atoms with van der Waals surface area (Å²) in [7, 11) is 0. The van der Waals surface area contributed by atoms with Crippen molar-refractivity contribution < 1.29 is 0 Å². The zero-order valence-electron chi connectivity index (χ0n) is 7.26. The Kier molecular flexibility index (Phi) is 1.55. The summed E-state index contributed by atoms with van der Waals surface area (Å²) in [4.78, 5) is 0. The maximum atomic E-state index is 6.02. The Morgan fingerprint density at radius 2 is 2.00 bits per heavy atom. The molecule has 0 unspecified atom stereocenters. The average Bonchev–Trinajstić information content (AvgIpc) is 2.31. The summed E-state index contributed by atoms with van der Waals surface area (Å²) in [6.45, 7) is 4.35. The Labute approximate surface area is 77.9 Å². The lowest BCUT2D eigenvalue weighted by Crippen LogP contribution is -2.08. The van der Waals surface area contributed by atoms with Crippen molar-refractivity contribution in [2.75, 3.05) is 0 Å². The molecule has 1 heteroatoms. The molecule has 2 rings (SSSR count). The monoisotopic (exact) mass is 178 g/mol. The highest BCUT2D eigenvalue weighted by atomic mass is 35.5. The molecule has 0 aliphatic heterocycles. The van der Waals surface area contributed by atoms with Crippen molar-refractivity contribution in [2.24, 2.45) is 5.41 Å². The third kappa shape index (κ3) is 1.16. The Balaban J connectivity index is 2.47. The van der Waals surface area contributed by atoms with Gasteiger partial charge in [0.1, 0.15) is 0 Å². The maximum absolute atomic E-state index is 6.02. The molecular formula is C11H11Cl. The van der Waals surface area contributed by atoms with Crippen molar-refractivity contribution >= 4 is 11.6 Å². The molecule has 0 aromatic carbocycles. The summed E-state index contributed by atoms with van der Waals surface area (Å²) in [5, 5.41) is 0.863. The molecule has 0 atom stereocenters. The van der Waals surface area contributed by atoms with Gasteiger partial charge in [-0.2, -0.15) is 0 Å². The normalized spacial score (nSPS) is 24.4. The first kappa shape index (κ1) is 7.88. The molecule has 0 aromatic heterocycles. The minimum absolute atomic E-state index is 0.144. The second-order valence-electron chi connectivity index (χ2n) is 3.85. The predicted octanol–water partition coefficient (Wildman–Crippen LogP) is 3.57. The number of allylic oxidation sites excluding steroid dienone is 8. The minimum atomic E-state index is 0.144. The Morgan fingerprint density at radius 3 is 2.75 bits per heavy atom. The average molecular weight is 179 g/mol. The first-order chi connectivity index (χ1) is 5.58. The van der Waals surface area contributed by atoms with Crippen LogP contribution in [0.5, 0.6) is 0 Å². The molecule has 0 fully saturated rings. The van der Waals surface area contributed by atoms with Gasteiger partial charge in [-0.05, 0) is 17.2 Å². The minimum Gasteiger partial charge on any atom is -0.0837 e. The molecule has 0 saturated heterocycles. The summed E-state index contributed by atoms with van der Waals surface area (Å²) in [6, 6.07) is 0. The molecule has 0 spiro atoms. The van der Waals surface area contributed by atoms with E-state index in [0.717, 1.165) is 5.03 Å². The lowest BCUT2D eigenvalue weighted by atomic mass is 9.84. The van der Waals surface area contributed by atoms with Crippen LogP contribution in [0.4, 0.5) is 0 Å². The topological polar surface area (TPSA) is 0 Å². The predicted molar refractivity (Wildman–Crippen MR) is 53.0 cm³/mol. The van der Waals surface area contributed by atoms with Crippen molar-refractivity contribution in [1.29, 1.82) is 0 Å². The molecule has 62 valence electrons. The van der Waals surface area contributed by atoms with Crippen LogP contribution in [0.15, 0.2) is 46.6 Å². The number of hydrogen-bond donors (Lipinski definition) is 0. The fraction of sp³-hybridized carbons (Fsp3) is 0.273. The van der Waals surface area contributed by atoms with Gasteiger partial charge in [0, 0.05) is 10.4 Å². The van der Waals surface area contributed by atoms with Gasteiger partial charge in [-0.1, -0.05) is 49.8 Å². The van der Waals surface area contributed by atoms with E-state index in [0.29, 0.717) is 0 Å². The Morgan fingerprint density at radius 1 is 1.25 bits per heavy atom. The van der Waals surface area contributed by atoms with Crippen LogP contribution < -0.4 is 0 Å². The van der Waals surface area contributed by atoms with Gasteiger partial charge >= 0.3 is 0 Å². The molecule has 0 radical (unpaired) electrons. The second kappa shape index (κ2) is 2.37. The molecule has 0 aromatic rings. The van der Waals surface area contributed by atoms with Crippen molar-refractivity contribution in [3.63, 3.8) is 0 Å². The van der Waals surface area contributed by atoms with E-state index in [1.54, 1.807) is 0 Å². The van der Waals surface area contributed by atoms with E-state index in [9.17, 15) is 0 Å². The summed E-state index contributed by atoms with van der Waals surface area (Å²) >= 11 is 6.02. The van der Waals surface area contributed by atoms with E-state index in [1.807, 2.05) is 6.08 Å². The Hall–Kier alpha value is -0.750.